The van der Waals surface area contributed by atoms with E-state index in [9.17, 15) is 10.2 Å². The van der Waals surface area contributed by atoms with Gasteiger partial charge in [0.1, 0.15) is 11.5 Å². The number of hydrogen-bond donors (Lipinski definition) is 2. The molecule has 0 spiro atoms. The lowest BCUT2D eigenvalue weighted by molar-refractivity contribution is 0.475. The van der Waals surface area contributed by atoms with Gasteiger partial charge in [-0.25, -0.2) is 0 Å². The molecular weight excluding hydrogens is 432 g/mol. The molecule has 0 atom stereocenters. The summed E-state index contributed by atoms with van der Waals surface area (Å²) < 4.78 is 25.3. The molecule has 32 heavy (non-hydrogen) atoms. The predicted octanol–water partition coefficient (Wildman–Crippen LogP) is 6.08. The summed E-state index contributed by atoms with van der Waals surface area (Å²) in [6.45, 7) is 0. The second kappa shape index (κ2) is 10.5. The van der Waals surface area contributed by atoms with E-state index in [0.717, 1.165) is 5.69 Å². The van der Waals surface area contributed by atoms with Gasteiger partial charge in [-0.1, -0.05) is 30.3 Å². The zero-order chi connectivity index (χ0) is 22.9. The Balaban J connectivity index is 0.000000668. The van der Waals surface area contributed by atoms with Gasteiger partial charge >= 0.3 is 10.6 Å². The quantitative estimate of drug-likeness (QED) is 0.364. The first kappa shape index (κ1) is 22.2. The number of aromatic hydroxyl groups is 2. The van der Waals surface area contributed by atoms with Crippen LogP contribution in [0.4, 0.5) is 22.7 Å². The maximum Gasteiger partial charge on any atom is 0.425 e. The maximum absolute atomic E-state index is 10.1. The molecule has 9 nitrogen and oxygen atoms in total. The molecule has 0 aromatic heterocycles. The molecule has 10 heteroatoms. The first-order chi connectivity index (χ1) is 15.4. The largest absolute Gasteiger partial charge is 0.507 e. The van der Waals surface area contributed by atoms with Crippen molar-refractivity contribution >= 4 is 44.1 Å². The van der Waals surface area contributed by atoms with Crippen molar-refractivity contribution in [2.24, 2.45) is 20.5 Å². The number of hydrogen-bond acceptors (Lipinski definition) is 9. The summed E-state index contributed by atoms with van der Waals surface area (Å²) in [5, 5.41) is 37.9. The molecule has 4 rings (SSSR count). The Kier molecular flexibility index (Phi) is 7.33. The topological polar surface area (TPSA) is 141 Å². The summed E-state index contributed by atoms with van der Waals surface area (Å²) >= 11 is 0. The second-order valence-electron chi connectivity index (χ2n) is 6.26. The number of phenolic OH excluding ortho intramolecular Hbond substituents is 2. The highest BCUT2D eigenvalue weighted by molar-refractivity contribution is 7.59. The highest BCUT2D eigenvalue weighted by atomic mass is 32.2. The van der Waals surface area contributed by atoms with Crippen molar-refractivity contribution in [1.29, 1.82) is 0 Å². The molecule has 160 valence electrons. The first-order valence-electron chi connectivity index (χ1n) is 9.13. The van der Waals surface area contributed by atoms with Gasteiger partial charge in [0.2, 0.25) is 0 Å². The van der Waals surface area contributed by atoms with Crippen LogP contribution in [0.5, 0.6) is 11.5 Å². The third-order valence-electron chi connectivity index (χ3n) is 4.13. The SMILES string of the molecule is O=S(=O)=O.Oc1ccc(N=Nc2ccc(N=Nc3ccccc3)cc2)c2c(O)cccc12. The van der Waals surface area contributed by atoms with Gasteiger partial charge < -0.3 is 10.2 Å². The summed E-state index contributed by atoms with van der Waals surface area (Å²) in [6.07, 6.45) is 0. The van der Waals surface area contributed by atoms with Crippen LogP contribution in [-0.2, 0) is 10.6 Å². The molecule has 2 N–H and O–H groups in total. The highest BCUT2D eigenvalue weighted by Gasteiger charge is 2.09. The molecular formula is C22H16N4O5S. The van der Waals surface area contributed by atoms with Crippen LogP contribution in [0.15, 0.2) is 105 Å². The van der Waals surface area contributed by atoms with E-state index in [1.165, 1.54) is 6.07 Å². The lowest BCUT2D eigenvalue weighted by Crippen LogP contribution is -1.76. The van der Waals surface area contributed by atoms with Crippen LogP contribution in [0.2, 0.25) is 0 Å². The molecule has 0 fully saturated rings. The Bertz CT molecular complexity index is 1380. The van der Waals surface area contributed by atoms with E-state index in [4.69, 9.17) is 12.6 Å². The fourth-order valence-electron chi connectivity index (χ4n) is 2.74. The van der Waals surface area contributed by atoms with Gasteiger partial charge in [-0.15, -0.1) is 17.7 Å². The Labute approximate surface area is 184 Å². The first-order valence-corrected chi connectivity index (χ1v) is 10.1. The molecule has 0 saturated carbocycles. The molecule has 0 saturated heterocycles. The number of phenols is 2. The second-order valence-corrected chi connectivity index (χ2v) is 6.67. The van der Waals surface area contributed by atoms with E-state index >= 15 is 0 Å². The molecule has 0 aliphatic heterocycles. The number of nitrogens with zero attached hydrogens (tertiary/aromatic N) is 4. The van der Waals surface area contributed by atoms with Gasteiger partial charge in [0, 0.05) is 5.39 Å². The molecule has 0 unspecified atom stereocenters. The fourth-order valence-corrected chi connectivity index (χ4v) is 2.74. The molecule has 0 aliphatic rings. The smallest absolute Gasteiger partial charge is 0.425 e. The summed E-state index contributed by atoms with van der Waals surface area (Å²) in [5.41, 5.74) is 2.59. The molecule has 0 aliphatic carbocycles. The normalized spacial score (nSPS) is 10.9. The van der Waals surface area contributed by atoms with E-state index in [2.05, 4.69) is 20.5 Å². The van der Waals surface area contributed by atoms with Crippen LogP contribution in [0.3, 0.4) is 0 Å². The minimum atomic E-state index is -3.11. The minimum Gasteiger partial charge on any atom is -0.507 e. The third-order valence-corrected chi connectivity index (χ3v) is 4.13. The van der Waals surface area contributed by atoms with Crippen molar-refractivity contribution in [1.82, 2.24) is 0 Å². The molecule has 0 radical (unpaired) electrons. The number of rotatable bonds is 4. The van der Waals surface area contributed by atoms with Crippen LogP contribution in [0.1, 0.15) is 0 Å². The number of azo groups is 2. The van der Waals surface area contributed by atoms with E-state index in [1.54, 1.807) is 48.5 Å². The Morgan fingerprint density at radius 3 is 1.66 bits per heavy atom. The van der Waals surface area contributed by atoms with Gasteiger partial charge in [0.25, 0.3) is 0 Å². The molecule has 0 bridgehead atoms. The fraction of sp³-hybridized carbons (Fsp3) is 0. The minimum absolute atomic E-state index is 0.0408. The zero-order valence-electron chi connectivity index (χ0n) is 16.4. The molecule has 4 aromatic carbocycles. The average Bonchev–Trinajstić information content (AvgIpc) is 2.79. The third kappa shape index (κ3) is 6.03. The van der Waals surface area contributed by atoms with E-state index in [1.807, 2.05) is 30.3 Å². The molecule has 4 aromatic rings. The van der Waals surface area contributed by atoms with Crippen LogP contribution in [0.25, 0.3) is 10.8 Å². The van der Waals surface area contributed by atoms with Crippen molar-refractivity contribution in [2.45, 2.75) is 0 Å². The lowest BCUT2D eigenvalue weighted by atomic mass is 10.1. The van der Waals surface area contributed by atoms with Crippen LogP contribution < -0.4 is 0 Å². The van der Waals surface area contributed by atoms with Crippen LogP contribution in [0, 0.1) is 0 Å². The summed E-state index contributed by atoms with van der Waals surface area (Å²) in [7, 11) is -3.11. The number of fused-ring (bicyclic) bond motifs is 1. The van der Waals surface area contributed by atoms with Crippen molar-refractivity contribution in [3.8, 4) is 11.5 Å². The van der Waals surface area contributed by atoms with Crippen molar-refractivity contribution < 1.29 is 22.8 Å². The van der Waals surface area contributed by atoms with Crippen LogP contribution in [-0.4, -0.2) is 22.8 Å². The van der Waals surface area contributed by atoms with Gasteiger partial charge in [-0.2, -0.15) is 15.3 Å². The Morgan fingerprint density at radius 1 is 0.531 bits per heavy atom. The van der Waals surface area contributed by atoms with Gasteiger partial charge in [-0.3, -0.25) is 0 Å². The maximum atomic E-state index is 10.1. The summed E-state index contributed by atoms with van der Waals surface area (Å²) in [5.74, 6) is 0.122. The molecule has 0 amide bonds. The zero-order valence-corrected chi connectivity index (χ0v) is 17.2. The van der Waals surface area contributed by atoms with Gasteiger partial charge in [-0.05, 0) is 54.6 Å². The Morgan fingerprint density at radius 2 is 1.06 bits per heavy atom. The van der Waals surface area contributed by atoms with Gasteiger partial charge in [0.15, 0.2) is 0 Å². The lowest BCUT2D eigenvalue weighted by Gasteiger charge is -2.05. The Hall–Kier alpha value is -4.44. The van der Waals surface area contributed by atoms with Crippen molar-refractivity contribution in [3.63, 3.8) is 0 Å². The monoisotopic (exact) mass is 448 g/mol. The molecule has 0 heterocycles. The average molecular weight is 448 g/mol. The highest BCUT2D eigenvalue weighted by Crippen LogP contribution is 2.38. The van der Waals surface area contributed by atoms with Crippen molar-refractivity contribution in [3.05, 3.63) is 84.9 Å². The van der Waals surface area contributed by atoms with Crippen molar-refractivity contribution in [2.75, 3.05) is 0 Å². The standard InChI is InChI=1S/C22H16N4O2.O3S/c27-20-14-13-19(22-18(20)7-4-8-21(22)28)26-25-17-11-9-16(10-12-17)24-23-15-5-2-1-3-6-15;1-4(2)3/h1-14,27-28H;. The predicted molar refractivity (Wildman–Crippen MR) is 118 cm³/mol. The summed E-state index contributed by atoms with van der Waals surface area (Å²) in [6, 6.07) is 24.7. The van der Waals surface area contributed by atoms with E-state index in [-0.39, 0.29) is 11.5 Å². The van der Waals surface area contributed by atoms with Gasteiger partial charge in [0.05, 0.1) is 28.1 Å². The summed E-state index contributed by atoms with van der Waals surface area (Å²) in [4.78, 5) is 0. The van der Waals surface area contributed by atoms with E-state index < -0.39 is 10.6 Å². The van der Waals surface area contributed by atoms with E-state index in [0.29, 0.717) is 27.8 Å². The number of benzene rings is 4. The van der Waals surface area contributed by atoms with Crippen LogP contribution >= 0.6 is 0 Å².